The van der Waals surface area contributed by atoms with Gasteiger partial charge in [-0.3, -0.25) is 0 Å². The summed E-state index contributed by atoms with van der Waals surface area (Å²) in [4.78, 5) is 2.33. The third kappa shape index (κ3) is 6.73. The van der Waals surface area contributed by atoms with Gasteiger partial charge in [-0.25, -0.2) is 0 Å². The zero-order valence-corrected chi connectivity index (χ0v) is 34.3. The van der Waals surface area contributed by atoms with Crippen LogP contribution in [0.3, 0.4) is 0 Å². The summed E-state index contributed by atoms with van der Waals surface area (Å²) in [6.45, 7) is 0. The van der Waals surface area contributed by atoms with Gasteiger partial charge in [0, 0.05) is 38.6 Å². The van der Waals surface area contributed by atoms with Gasteiger partial charge in [0.05, 0.1) is 0 Å². The molecule has 0 unspecified atom stereocenters. The molecule has 0 aliphatic rings. The maximum absolute atomic E-state index is 6.38. The van der Waals surface area contributed by atoms with Gasteiger partial charge in [0.2, 0.25) is 0 Å². The predicted molar refractivity (Wildman–Crippen MR) is 263 cm³/mol. The average Bonchev–Trinajstić information content (AvgIpc) is 3.93. The fourth-order valence-electron chi connectivity index (χ4n) is 9.10. The van der Waals surface area contributed by atoms with Crippen molar-refractivity contribution in [2.75, 3.05) is 4.90 Å². The molecule has 0 saturated carbocycles. The summed E-state index contributed by atoms with van der Waals surface area (Å²) in [5.41, 5.74) is 18.2. The molecule has 0 N–H and O–H groups in total. The molecular formula is C60H39NO2. The maximum Gasteiger partial charge on any atom is 0.136 e. The largest absolute Gasteiger partial charge is 0.456 e. The number of anilines is 3. The van der Waals surface area contributed by atoms with E-state index in [9.17, 15) is 0 Å². The molecule has 0 amide bonds. The molecule has 0 spiro atoms. The molecule has 0 radical (unpaired) electrons. The lowest BCUT2D eigenvalue weighted by atomic mass is 9.91. The number of benzene rings is 10. The van der Waals surface area contributed by atoms with Crippen molar-refractivity contribution in [1.82, 2.24) is 0 Å². The zero-order valence-electron chi connectivity index (χ0n) is 34.3. The lowest BCUT2D eigenvalue weighted by Gasteiger charge is -2.26. The molecule has 63 heavy (non-hydrogen) atoms. The van der Waals surface area contributed by atoms with Crippen molar-refractivity contribution in [3.05, 3.63) is 237 Å². The number of fused-ring (bicyclic) bond motifs is 6. The molecule has 0 atom stereocenters. The van der Waals surface area contributed by atoms with Crippen molar-refractivity contribution in [3.63, 3.8) is 0 Å². The molecule has 2 aromatic heterocycles. The quantitative estimate of drug-likeness (QED) is 0.153. The minimum absolute atomic E-state index is 0.878. The van der Waals surface area contributed by atoms with Crippen molar-refractivity contribution in [3.8, 4) is 55.6 Å². The van der Waals surface area contributed by atoms with Crippen LogP contribution in [0.2, 0.25) is 0 Å². The van der Waals surface area contributed by atoms with Crippen LogP contribution in [0, 0.1) is 0 Å². The first kappa shape index (κ1) is 36.5. The minimum Gasteiger partial charge on any atom is -0.456 e. The van der Waals surface area contributed by atoms with E-state index >= 15 is 0 Å². The second kappa shape index (κ2) is 15.3. The van der Waals surface area contributed by atoms with Gasteiger partial charge in [0.15, 0.2) is 0 Å². The summed E-state index contributed by atoms with van der Waals surface area (Å²) in [6, 6.07) is 84.3. The summed E-state index contributed by atoms with van der Waals surface area (Å²) in [5, 5.41) is 4.49. The molecule has 2 heterocycles. The highest BCUT2D eigenvalue weighted by Crippen LogP contribution is 2.41. The van der Waals surface area contributed by atoms with Crippen LogP contribution in [-0.2, 0) is 0 Å². The molecule has 0 bridgehead atoms. The molecule has 0 aliphatic carbocycles. The molecule has 12 rings (SSSR count). The summed E-state index contributed by atoms with van der Waals surface area (Å²) in [6.07, 6.45) is 0. The molecule has 0 saturated heterocycles. The number of para-hydroxylation sites is 3. The molecule has 3 heteroatoms. The van der Waals surface area contributed by atoms with Gasteiger partial charge in [-0.15, -0.1) is 0 Å². The summed E-state index contributed by atoms with van der Waals surface area (Å²) >= 11 is 0. The minimum atomic E-state index is 0.878. The van der Waals surface area contributed by atoms with Gasteiger partial charge in [-0.05, 0) is 153 Å². The molecule has 10 aromatic carbocycles. The van der Waals surface area contributed by atoms with Crippen molar-refractivity contribution < 1.29 is 8.83 Å². The van der Waals surface area contributed by atoms with Crippen LogP contribution in [0.5, 0.6) is 0 Å². The Morgan fingerprint density at radius 3 is 1.16 bits per heavy atom. The highest BCUT2D eigenvalue weighted by Gasteiger charge is 2.16. The third-order valence-corrected chi connectivity index (χ3v) is 12.2. The number of rotatable bonds is 8. The van der Waals surface area contributed by atoms with Crippen LogP contribution in [0.15, 0.2) is 245 Å². The molecule has 296 valence electrons. The Hall–Kier alpha value is -8.40. The monoisotopic (exact) mass is 805 g/mol. The Morgan fingerprint density at radius 2 is 0.571 bits per heavy atom. The Kier molecular flexibility index (Phi) is 8.83. The van der Waals surface area contributed by atoms with Crippen LogP contribution < -0.4 is 4.90 Å². The smallest absolute Gasteiger partial charge is 0.136 e. The normalized spacial score (nSPS) is 11.5. The second-order valence-electron chi connectivity index (χ2n) is 16.1. The highest BCUT2D eigenvalue weighted by molar-refractivity contribution is 6.07. The van der Waals surface area contributed by atoms with Crippen molar-refractivity contribution in [2.24, 2.45) is 0 Å². The van der Waals surface area contributed by atoms with E-state index in [0.717, 1.165) is 105 Å². The molecule has 12 aromatic rings. The van der Waals surface area contributed by atoms with Crippen molar-refractivity contribution in [1.29, 1.82) is 0 Å². The Bertz CT molecular complexity index is 3490. The lowest BCUT2D eigenvalue weighted by molar-refractivity contribution is 0.668. The van der Waals surface area contributed by atoms with Crippen LogP contribution in [0.25, 0.3) is 99.5 Å². The summed E-state index contributed by atoms with van der Waals surface area (Å²) < 4.78 is 12.8. The van der Waals surface area contributed by atoms with E-state index in [1.807, 2.05) is 24.3 Å². The van der Waals surface area contributed by atoms with E-state index < -0.39 is 0 Å². The second-order valence-corrected chi connectivity index (χ2v) is 16.1. The van der Waals surface area contributed by atoms with E-state index in [4.69, 9.17) is 8.83 Å². The first-order valence-electron chi connectivity index (χ1n) is 21.4. The van der Waals surface area contributed by atoms with Crippen molar-refractivity contribution in [2.45, 2.75) is 0 Å². The fourth-order valence-corrected chi connectivity index (χ4v) is 9.10. The topological polar surface area (TPSA) is 29.5 Å². The number of furan rings is 2. The molecular weight excluding hydrogens is 767 g/mol. The van der Waals surface area contributed by atoms with Crippen molar-refractivity contribution >= 4 is 60.9 Å². The molecule has 3 nitrogen and oxygen atoms in total. The van der Waals surface area contributed by atoms with Gasteiger partial charge in [0.25, 0.3) is 0 Å². The van der Waals surface area contributed by atoms with Gasteiger partial charge in [-0.1, -0.05) is 140 Å². The maximum atomic E-state index is 6.38. The Balaban J connectivity index is 0.958. The summed E-state index contributed by atoms with van der Waals surface area (Å²) in [7, 11) is 0. The third-order valence-electron chi connectivity index (χ3n) is 12.2. The number of nitrogens with zero attached hydrogens (tertiary/aromatic N) is 1. The average molecular weight is 806 g/mol. The predicted octanol–water partition coefficient (Wildman–Crippen LogP) is 17.3. The van der Waals surface area contributed by atoms with Crippen LogP contribution in [0.4, 0.5) is 17.1 Å². The van der Waals surface area contributed by atoms with E-state index in [2.05, 4.69) is 217 Å². The molecule has 0 fully saturated rings. The van der Waals surface area contributed by atoms with Crippen LogP contribution >= 0.6 is 0 Å². The Morgan fingerprint density at radius 1 is 0.206 bits per heavy atom. The highest BCUT2D eigenvalue weighted by atomic mass is 16.3. The molecule has 0 aliphatic heterocycles. The van der Waals surface area contributed by atoms with Gasteiger partial charge >= 0.3 is 0 Å². The Labute approximate surface area is 365 Å². The fraction of sp³-hybridized carbons (Fsp3) is 0. The van der Waals surface area contributed by atoms with E-state index in [1.165, 1.54) is 11.1 Å². The van der Waals surface area contributed by atoms with E-state index in [1.54, 1.807) is 0 Å². The first-order valence-corrected chi connectivity index (χ1v) is 21.4. The van der Waals surface area contributed by atoms with Crippen LogP contribution in [0.1, 0.15) is 0 Å². The van der Waals surface area contributed by atoms with Gasteiger partial charge < -0.3 is 13.7 Å². The van der Waals surface area contributed by atoms with Gasteiger partial charge in [0.1, 0.15) is 22.3 Å². The number of hydrogen-bond acceptors (Lipinski definition) is 3. The summed E-state index contributed by atoms with van der Waals surface area (Å²) in [5.74, 6) is 0. The van der Waals surface area contributed by atoms with E-state index in [-0.39, 0.29) is 0 Å². The standard InChI is InChI=1S/C60H39NO2/c1-3-13-40(14-4-1)41-25-29-51(30-26-41)61(50-18-5-2-6-19-50)52-20-12-17-44(37-52)42-15-11-16-43(33-42)47-34-48(45-27-31-55-53-21-7-9-23-57(53)62-59(55)38-45)36-49(35-47)46-28-32-56-54-22-8-10-24-58(54)63-60(56)39-46/h1-39H. The van der Waals surface area contributed by atoms with Gasteiger partial charge in [-0.2, -0.15) is 0 Å². The first-order chi connectivity index (χ1) is 31.2. The number of hydrogen-bond donors (Lipinski definition) is 0. The SMILES string of the molecule is c1ccc(-c2ccc(N(c3ccccc3)c3cccc(-c4cccc(-c5cc(-c6ccc7c(c6)oc6ccccc67)cc(-c6ccc7c(c6)oc6ccccc67)c5)c4)c3)cc2)cc1. The zero-order chi connectivity index (χ0) is 41.7. The van der Waals surface area contributed by atoms with E-state index in [0.29, 0.717) is 0 Å². The van der Waals surface area contributed by atoms with Crippen LogP contribution in [-0.4, -0.2) is 0 Å². The lowest BCUT2D eigenvalue weighted by Crippen LogP contribution is -2.09.